The average Bonchev–Trinajstić information content (AvgIpc) is 3.28. The molecule has 0 radical (unpaired) electrons. The van der Waals surface area contributed by atoms with Crippen molar-refractivity contribution < 1.29 is 33.2 Å². The van der Waals surface area contributed by atoms with Gasteiger partial charge in [-0.05, 0) is 66.6 Å². The molecule has 3 fully saturated rings. The van der Waals surface area contributed by atoms with Crippen molar-refractivity contribution in [1.82, 2.24) is 15.0 Å². The lowest BCUT2D eigenvalue weighted by atomic mass is 10.2. The predicted molar refractivity (Wildman–Crippen MR) is 236 cm³/mol. The highest BCUT2D eigenvalue weighted by molar-refractivity contribution is 6.32. The number of benzene rings is 2. The van der Waals surface area contributed by atoms with Gasteiger partial charge < -0.3 is 47.9 Å². The minimum Gasteiger partial charge on any atom is -0.497 e. The highest BCUT2D eigenvalue weighted by atomic mass is 35.5. The van der Waals surface area contributed by atoms with Crippen LogP contribution >= 0.6 is 34.8 Å². The van der Waals surface area contributed by atoms with Crippen LogP contribution in [0.15, 0.2) is 84.9 Å². The Balaban J connectivity index is 0.000000156. The van der Waals surface area contributed by atoms with E-state index in [2.05, 4.69) is 35.7 Å². The highest BCUT2D eigenvalue weighted by Gasteiger charge is 2.16. The second-order valence-corrected chi connectivity index (χ2v) is 15.0. The number of aryl methyl sites for hydroxylation is 1. The van der Waals surface area contributed by atoms with Crippen LogP contribution in [0.2, 0.25) is 15.5 Å². The molecule has 5 aromatic rings. The zero-order chi connectivity index (χ0) is 42.1. The molecule has 16 heteroatoms. The topological polar surface area (TPSA) is 113 Å². The first-order valence-corrected chi connectivity index (χ1v) is 20.9. The molecule has 13 nitrogen and oxygen atoms in total. The van der Waals surface area contributed by atoms with Crippen LogP contribution in [0.1, 0.15) is 16.8 Å². The summed E-state index contributed by atoms with van der Waals surface area (Å²) >= 11 is 17.8. The van der Waals surface area contributed by atoms with E-state index in [0.717, 1.165) is 124 Å². The normalized spacial score (nSPS) is 15.2. The van der Waals surface area contributed by atoms with Crippen molar-refractivity contribution in [1.29, 1.82) is 0 Å². The second-order valence-electron chi connectivity index (χ2n) is 13.8. The number of hydrogen-bond donors (Lipinski definition) is 0. The number of methoxy groups -OCH3 is 2. The van der Waals surface area contributed by atoms with Gasteiger partial charge in [-0.15, -0.1) is 0 Å². The van der Waals surface area contributed by atoms with Gasteiger partial charge in [-0.25, -0.2) is 15.0 Å². The summed E-state index contributed by atoms with van der Waals surface area (Å²) in [4.78, 5) is 19.3. The monoisotopic (exact) mass is 880 g/mol. The fourth-order valence-electron chi connectivity index (χ4n) is 6.45. The van der Waals surface area contributed by atoms with Crippen LogP contribution in [0.3, 0.4) is 0 Å². The third kappa shape index (κ3) is 14.2. The number of pyridine rings is 3. The van der Waals surface area contributed by atoms with Crippen molar-refractivity contribution >= 4 is 51.9 Å². The maximum Gasteiger partial charge on any atom is 0.217 e. The van der Waals surface area contributed by atoms with Gasteiger partial charge in [-0.2, -0.15) is 0 Å². The molecule has 0 saturated carbocycles. The molecule has 6 heterocycles. The third-order valence-corrected chi connectivity index (χ3v) is 10.2. The molecule has 3 aromatic heterocycles. The summed E-state index contributed by atoms with van der Waals surface area (Å²) in [6.07, 6.45) is 0. The fraction of sp³-hybridized carbons (Fsp3) is 0.386. The zero-order valence-electron chi connectivity index (χ0n) is 34.2. The van der Waals surface area contributed by atoms with Crippen molar-refractivity contribution in [3.05, 3.63) is 117 Å². The van der Waals surface area contributed by atoms with E-state index in [1.54, 1.807) is 14.2 Å². The maximum absolute atomic E-state index is 6.12. The number of ether oxygens (including phenoxy) is 7. The van der Waals surface area contributed by atoms with Gasteiger partial charge in [0, 0.05) is 74.2 Å². The van der Waals surface area contributed by atoms with Gasteiger partial charge in [0.2, 0.25) is 11.8 Å². The maximum atomic E-state index is 6.12. The first kappa shape index (κ1) is 44.8. The predicted octanol–water partition coefficient (Wildman–Crippen LogP) is 8.20. The quantitative estimate of drug-likeness (QED) is 0.119. The van der Waals surface area contributed by atoms with Gasteiger partial charge in [0.05, 0.1) is 53.9 Å². The average molecular weight is 882 g/mol. The number of aromatic nitrogens is 3. The number of halogens is 3. The number of hydrogen-bond acceptors (Lipinski definition) is 13. The molecule has 60 heavy (non-hydrogen) atoms. The Hall–Kier alpha value is -4.76. The third-order valence-electron chi connectivity index (χ3n) is 9.64. The minimum atomic E-state index is 0.429. The Kier molecular flexibility index (Phi) is 17.4. The Morgan fingerprint density at radius 3 is 1.23 bits per heavy atom. The lowest BCUT2D eigenvalue weighted by Gasteiger charge is -2.29. The van der Waals surface area contributed by atoms with E-state index >= 15 is 0 Å². The Bertz CT molecular complexity index is 1930. The Labute approximate surface area is 367 Å². The summed E-state index contributed by atoms with van der Waals surface area (Å²) in [5.41, 5.74) is 6.25. The minimum absolute atomic E-state index is 0.429. The SMILES string of the molecule is COc1ccc(COc2cc(N3CCOCC3)cc(C)n2)cc1.COc1ccc(COc2cc(N3CCOCC3)cc(Cl)n2)cc1.Clc1cc(N2CCOCC2)cc(Cl)n1. The number of nitrogens with zero attached hydrogens (tertiary/aromatic N) is 6. The van der Waals surface area contributed by atoms with Crippen LogP contribution in [0, 0.1) is 6.92 Å². The summed E-state index contributed by atoms with van der Waals surface area (Å²) in [5, 5.41) is 1.29. The summed E-state index contributed by atoms with van der Waals surface area (Å²) in [6.45, 7) is 12.6. The molecular weight excluding hydrogens is 831 g/mol. The van der Waals surface area contributed by atoms with E-state index in [1.165, 1.54) is 0 Å². The fourth-order valence-corrected chi connectivity index (χ4v) is 7.10. The summed E-state index contributed by atoms with van der Waals surface area (Å²) in [6, 6.07) is 27.1. The van der Waals surface area contributed by atoms with Gasteiger partial charge in [-0.3, -0.25) is 0 Å². The largest absolute Gasteiger partial charge is 0.497 e. The zero-order valence-corrected chi connectivity index (χ0v) is 36.4. The van der Waals surface area contributed by atoms with Gasteiger partial charge in [0.15, 0.2) is 0 Å². The van der Waals surface area contributed by atoms with E-state index < -0.39 is 0 Å². The van der Waals surface area contributed by atoms with Crippen molar-refractivity contribution in [2.45, 2.75) is 20.1 Å². The molecule has 8 rings (SSSR count). The van der Waals surface area contributed by atoms with Crippen LogP contribution in [0.4, 0.5) is 17.1 Å². The van der Waals surface area contributed by atoms with E-state index in [1.807, 2.05) is 85.8 Å². The molecule has 3 aliphatic rings. The Morgan fingerprint density at radius 2 is 0.833 bits per heavy atom. The summed E-state index contributed by atoms with van der Waals surface area (Å²) in [7, 11) is 3.31. The standard InChI is InChI=1S/C18H22N2O3.C17H19ClN2O3.C9H10Cl2N2O/c1-14-11-16(20-7-9-22-10-8-20)12-18(19-14)23-13-15-3-5-17(21-2)6-4-15;1-21-15-4-2-13(3-5-15)12-23-17-11-14(10-16(18)19-17)20-6-8-22-9-7-20;10-8-5-7(6-9(11)12-8)13-1-3-14-4-2-13/h3-6,11-12H,7-10,13H2,1-2H3;2-5,10-11H,6-9,12H2,1H3;5-6H,1-4H2. The van der Waals surface area contributed by atoms with Crippen LogP contribution in [0.25, 0.3) is 0 Å². The first-order chi connectivity index (χ1) is 29.2. The van der Waals surface area contributed by atoms with Crippen LogP contribution in [-0.4, -0.2) is 108 Å². The van der Waals surface area contributed by atoms with E-state index in [-0.39, 0.29) is 0 Å². The number of rotatable bonds is 11. The molecule has 2 aromatic carbocycles. The summed E-state index contributed by atoms with van der Waals surface area (Å²) < 4.78 is 38.0. The lowest BCUT2D eigenvalue weighted by Crippen LogP contribution is -2.36. The second kappa shape index (κ2) is 23.3. The number of morpholine rings is 3. The van der Waals surface area contributed by atoms with Gasteiger partial charge in [-0.1, -0.05) is 59.1 Å². The Morgan fingerprint density at radius 1 is 0.483 bits per heavy atom. The molecule has 0 amide bonds. The molecule has 3 saturated heterocycles. The highest BCUT2D eigenvalue weighted by Crippen LogP contribution is 2.27. The molecule has 0 atom stereocenters. The first-order valence-electron chi connectivity index (χ1n) is 19.7. The van der Waals surface area contributed by atoms with Crippen molar-refractivity contribution in [2.24, 2.45) is 0 Å². The van der Waals surface area contributed by atoms with Crippen molar-refractivity contribution in [3.8, 4) is 23.3 Å². The van der Waals surface area contributed by atoms with E-state index in [4.69, 9.17) is 68.0 Å². The molecule has 0 spiro atoms. The molecule has 0 bridgehead atoms. The number of anilines is 3. The molecule has 320 valence electrons. The van der Waals surface area contributed by atoms with Crippen molar-refractivity contribution in [2.75, 3.05) is 108 Å². The van der Waals surface area contributed by atoms with Crippen LogP contribution < -0.4 is 33.6 Å². The van der Waals surface area contributed by atoms with Crippen molar-refractivity contribution in [3.63, 3.8) is 0 Å². The summed E-state index contributed by atoms with van der Waals surface area (Å²) in [5.74, 6) is 2.85. The molecule has 0 unspecified atom stereocenters. The smallest absolute Gasteiger partial charge is 0.217 e. The molecule has 0 aliphatic carbocycles. The van der Waals surface area contributed by atoms with E-state index in [0.29, 0.717) is 40.4 Å². The van der Waals surface area contributed by atoms with Crippen LogP contribution in [0.5, 0.6) is 23.3 Å². The van der Waals surface area contributed by atoms with Gasteiger partial charge in [0.1, 0.15) is 40.2 Å². The van der Waals surface area contributed by atoms with Crippen LogP contribution in [-0.2, 0) is 27.4 Å². The molecular formula is C44H51Cl3N6O7. The van der Waals surface area contributed by atoms with Gasteiger partial charge in [0.25, 0.3) is 0 Å². The molecule has 3 aliphatic heterocycles. The molecule has 0 N–H and O–H groups in total. The van der Waals surface area contributed by atoms with Gasteiger partial charge >= 0.3 is 0 Å². The lowest BCUT2D eigenvalue weighted by molar-refractivity contribution is 0.122. The van der Waals surface area contributed by atoms with E-state index in [9.17, 15) is 0 Å².